The fraction of sp³-hybridized carbons (Fsp3) is 0.447. The van der Waals surface area contributed by atoms with Crippen LogP contribution in [-0.2, 0) is 60.7 Å². The molecule has 3 amide bonds. The Morgan fingerprint density at radius 2 is 1.00 bits per heavy atom. The average molecular weight is 1460 g/mol. The Labute approximate surface area is 609 Å². The molecule has 0 bridgehead atoms. The van der Waals surface area contributed by atoms with Crippen LogP contribution < -0.4 is 30.0 Å². The number of nitrogens with zero attached hydrogens (tertiary/aromatic N) is 4. The second-order valence-corrected chi connectivity index (χ2v) is 30.2. The number of benzene rings is 4. The van der Waals surface area contributed by atoms with Crippen molar-refractivity contribution < 1.29 is 71.9 Å². The van der Waals surface area contributed by atoms with Crippen LogP contribution in [0.4, 0.5) is 11.4 Å². The largest absolute Gasteiger partial charge is 0.493 e. The minimum Gasteiger partial charge on any atom is -0.493 e. The Morgan fingerprint density at radius 3 is 1.42 bits per heavy atom. The SMILES string of the molecule is CCC(C)(C)C(=O)C(=O)N1CCCC[C@H]1C(=O)O[C@H](CCc1ccc(OC)c(OC)c1)c1cccc(N)c1.CCC(C)(C)C(=O)C(=O)N1CCCC[C@H]1C(=O)O[C@H](CCc1ccc(OC)c(OC)c1)c1cccc(NC(=O)CCSSc2ccccn2)c1.O=C(O)CCSSc1ccccn1. The molecule has 2 aliphatic heterocycles. The quantitative estimate of drug-likeness (QED) is 0.0113. The predicted molar refractivity (Wildman–Crippen MR) is 398 cm³/mol. The van der Waals surface area contributed by atoms with E-state index in [9.17, 15) is 38.4 Å². The van der Waals surface area contributed by atoms with Gasteiger partial charge < -0.3 is 54.4 Å². The summed E-state index contributed by atoms with van der Waals surface area (Å²) in [6, 6.07) is 35.6. The number of pyridine rings is 2. The smallest absolute Gasteiger partial charge is 0.329 e. The average Bonchev–Trinajstić information content (AvgIpc) is 0.813. The number of ketones is 2. The van der Waals surface area contributed by atoms with Gasteiger partial charge in [0, 0.05) is 65.6 Å². The molecule has 0 radical (unpaired) electrons. The van der Waals surface area contributed by atoms with Crippen LogP contribution in [-0.4, -0.2) is 137 Å². The number of likely N-dealkylation sites (tertiary alicyclic amines) is 2. The van der Waals surface area contributed by atoms with E-state index in [0.717, 1.165) is 46.0 Å². The summed E-state index contributed by atoms with van der Waals surface area (Å²) in [5, 5.41) is 13.1. The van der Waals surface area contributed by atoms with Gasteiger partial charge >= 0.3 is 17.9 Å². The standard InChI is InChI=1S/C38H47N3O7S2.C30H40N2O6.C8H9NO2S2/c1-6-38(2,3)35(43)36(44)41-22-10-8-14-29(41)37(45)48-30(18-16-26-17-19-31(46-4)32(24-26)47-5)27-12-11-13-28(25-27)40-33(42)20-23-49-50-34-15-7-9-21-39-34;1-6-30(2,3)27(33)28(34)32-17-8-7-12-23(32)29(35)38-24(21-10-9-11-22(31)19-21)15-13-20-14-16-25(36-4)26(18-20)37-5;10-8(11)4-6-12-13-7-3-1-2-5-9-7/h7,9,11-13,15,17,19,21,24-25,29-30H,6,8,10,14,16,18,20,22-23H2,1-5H3,(H,40,42);9-11,14,16,18-19,23-24H,6-8,12-13,15,17,31H2,1-5H3;1-3,5H,4,6H2,(H,10,11)/t29-,30+;23-,24+;/m00./s1. The topological polar surface area (TPSA) is 282 Å². The fourth-order valence-corrected chi connectivity index (χ4v) is 14.5. The van der Waals surface area contributed by atoms with Crippen molar-refractivity contribution in [3.63, 3.8) is 0 Å². The summed E-state index contributed by atoms with van der Waals surface area (Å²) >= 11 is 0. The summed E-state index contributed by atoms with van der Waals surface area (Å²) in [4.78, 5) is 114. The van der Waals surface area contributed by atoms with Crippen molar-refractivity contribution in [3.8, 4) is 23.0 Å². The third kappa shape index (κ3) is 25.6. The number of amides is 3. The Bertz CT molecular complexity index is 3700. The molecule has 4 heterocycles. The number of methoxy groups -OCH3 is 4. The molecular weight excluding hydrogens is 1370 g/mol. The van der Waals surface area contributed by atoms with Gasteiger partial charge in [-0.05, 0) is 194 Å². The molecule has 4 atom stereocenters. The van der Waals surface area contributed by atoms with E-state index in [1.54, 1.807) is 97.5 Å². The zero-order chi connectivity index (χ0) is 73.5. The van der Waals surface area contributed by atoms with E-state index in [2.05, 4.69) is 15.3 Å². The summed E-state index contributed by atoms with van der Waals surface area (Å²) in [5.41, 5.74) is 9.00. The lowest BCUT2D eigenvalue weighted by molar-refractivity contribution is -0.165. The van der Waals surface area contributed by atoms with Crippen molar-refractivity contribution in [2.45, 2.75) is 166 Å². The number of rotatable bonds is 33. The zero-order valence-electron chi connectivity index (χ0n) is 59.4. The number of nitrogen functional groups attached to an aromatic ring is 1. The number of aryl methyl sites for hydroxylation is 2. The number of ether oxygens (including phenoxy) is 6. The van der Waals surface area contributed by atoms with E-state index in [1.165, 1.54) is 42.2 Å². The molecule has 101 heavy (non-hydrogen) atoms. The van der Waals surface area contributed by atoms with Gasteiger partial charge in [-0.15, -0.1) is 0 Å². The number of carboxylic acids is 1. The summed E-state index contributed by atoms with van der Waals surface area (Å²) in [6.45, 7) is 11.4. The molecule has 2 saturated heterocycles. The third-order valence-electron chi connectivity index (χ3n) is 17.5. The summed E-state index contributed by atoms with van der Waals surface area (Å²) in [6.07, 6.45) is 9.64. The first-order chi connectivity index (χ1) is 48.4. The minimum atomic E-state index is -0.860. The van der Waals surface area contributed by atoms with E-state index in [1.807, 2.05) is 117 Å². The molecule has 4 N–H and O–H groups in total. The zero-order valence-corrected chi connectivity index (χ0v) is 62.7. The number of hydrogen-bond donors (Lipinski definition) is 3. The normalized spacial score (nSPS) is 15.0. The van der Waals surface area contributed by atoms with Crippen molar-refractivity contribution in [1.29, 1.82) is 0 Å². The molecule has 0 spiro atoms. The van der Waals surface area contributed by atoms with E-state index in [4.69, 9.17) is 39.3 Å². The number of hydrogen-bond acceptors (Lipinski definition) is 21. The van der Waals surface area contributed by atoms with E-state index in [-0.39, 0.29) is 12.3 Å². The molecular formula is C76H96N6O15S4. The maximum Gasteiger partial charge on any atom is 0.329 e. The van der Waals surface area contributed by atoms with Crippen LogP contribution in [0.5, 0.6) is 23.0 Å². The minimum absolute atomic E-state index is 0.133. The van der Waals surface area contributed by atoms with Gasteiger partial charge in [0.1, 0.15) is 34.3 Å². The Balaban J connectivity index is 0.000000276. The van der Waals surface area contributed by atoms with Crippen molar-refractivity contribution in [2.75, 3.05) is 64.1 Å². The van der Waals surface area contributed by atoms with Crippen LogP contribution in [0, 0.1) is 10.8 Å². The van der Waals surface area contributed by atoms with Crippen LogP contribution in [0.25, 0.3) is 0 Å². The van der Waals surface area contributed by atoms with Gasteiger partial charge in [-0.2, -0.15) is 0 Å². The molecule has 4 aromatic carbocycles. The monoisotopic (exact) mass is 1460 g/mol. The van der Waals surface area contributed by atoms with Crippen molar-refractivity contribution in [3.05, 3.63) is 156 Å². The van der Waals surface area contributed by atoms with Gasteiger partial charge in [0.05, 0.1) is 34.9 Å². The molecule has 2 aliphatic rings. The summed E-state index contributed by atoms with van der Waals surface area (Å²) < 4.78 is 33.9. The van der Waals surface area contributed by atoms with Crippen LogP contribution in [0.15, 0.2) is 144 Å². The van der Waals surface area contributed by atoms with Gasteiger partial charge in [-0.25, -0.2) is 19.6 Å². The van der Waals surface area contributed by atoms with E-state index < -0.39 is 76.4 Å². The van der Waals surface area contributed by atoms with Crippen LogP contribution in [0.1, 0.15) is 153 Å². The first-order valence-electron chi connectivity index (χ1n) is 33.9. The molecule has 0 aliphatic carbocycles. The molecule has 21 nitrogen and oxygen atoms in total. The molecule has 2 fully saturated rings. The van der Waals surface area contributed by atoms with Crippen LogP contribution in [0.3, 0.4) is 0 Å². The second kappa shape index (κ2) is 41.6. The van der Waals surface area contributed by atoms with Gasteiger partial charge in [0.25, 0.3) is 11.8 Å². The number of nitrogens with two attached hydrogens (primary N) is 1. The molecule has 8 rings (SSSR count). The lowest BCUT2D eigenvalue weighted by atomic mass is 9.84. The number of aromatic nitrogens is 2. The highest BCUT2D eigenvalue weighted by Crippen LogP contribution is 2.37. The number of aliphatic carboxylic acids is 1. The molecule has 0 saturated carbocycles. The van der Waals surface area contributed by atoms with Gasteiger partial charge in [-0.3, -0.25) is 28.8 Å². The van der Waals surface area contributed by atoms with Crippen molar-refractivity contribution in [1.82, 2.24) is 19.8 Å². The number of carbonyl (C=O) groups excluding carboxylic acids is 7. The van der Waals surface area contributed by atoms with Gasteiger partial charge in [0.2, 0.25) is 17.5 Å². The maximum absolute atomic E-state index is 13.9. The molecule has 544 valence electrons. The predicted octanol–water partition coefficient (Wildman–Crippen LogP) is 14.7. The third-order valence-corrected chi connectivity index (χ3v) is 22.0. The Hall–Kier alpha value is -8.26. The number of carbonyl (C=O) groups is 8. The van der Waals surface area contributed by atoms with Gasteiger partial charge in [-0.1, -0.05) is 112 Å². The second-order valence-electron chi connectivity index (χ2n) is 25.3. The van der Waals surface area contributed by atoms with Crippen molar-refractivity contribution in [2.24, 2.45) is 10.8 Å². The highest BCUT2D eigenvalue weighted by Gasteiger charge is 2.43. The number of Topliss-reactive ketones (excluding diaryl/α,β-unsaturated/α-hetero) is 2. The number of esters is 2. The Kier molecular flexibility index (Phi) is 33.7. The highest BCUT2D eigenvalue weighted by molar-refractivity contribution is 8.77. The molecule has 2 aromatic heterocycles. The van der Waals surface area contributed by atoms with E-state index in [0.29, 0.717) is 129 Å². The lowest BCUT2D eigenvalue weighted by Crippen LogP contribution is -2.53. The first-order valence-corrected chi connectivity index (χ1v) is 38.5. The van der Waals surface area contributed by atoms with E-state index >= 15 is 0 Å². The highest BCUT2D eigenvalue weighted by atomic mass is 33.1. The van der Waals surface area contributed by atoms with Crippen LogP contribution in [0.2, 0.25) is 0 Å². The molecule has 0 unspecified atom stereocenters. The lowest BCUT2D eigenvalue weighted by Gasteiger charge is -2.36. The fourth-order valence-electron chi connectivity index (χ4n) is 10.8. The van der Waals surface area contributed by atoms with Crippen molar-refractivity contribution >= 4 is 102 Å². The van der Waals surface area contributed by atoms with Crippen LogP contribution >= 0.6 is 43.2 Å². The molecule has 25 heteroatoms. The molecule has 6 aromatic rings. The number of carboxylic acid groups (broad SMARTS) is 1. The number of anilines is 2. The summed E-state index contributed by atoms with van der Waals surface area (Å²) in [7, 11) is 12.4. The Morgan fingerprint density at radius 1 is 0.554 bits per heavy atom. The number of nitrogens with one attached hydrogen (secondary N) is 1. The van der Waals surface area contributed by atoms with Gasteiger partial charge in [0.15, 0.2) is 23.0 Å². The first kappa shape index (κ1) is 81.7. The number of piperidine rings is 2. The summed E-state index contributed by atoms with van der Waals surface area (Å²) in [5.74, 6) is -0.474. The maximum atomic E-state index is 13.9.